The van der Waals surface area contributed by atoms with E-state index in [2.05, 4.69) is 10.5 Å². The largest absolute Gasteiger partial charge is 0.379 e. The van der Waals surface area contributed by atoms with Gasteiger partial charge in [0.1, 0.15) is 10.6 Å². The number of carbonyl (C=O) groups excluding carboxylic acids is 1. The van der Waals surface area contributed by atoms with Crippen LogP contribution < -0.4 is 9.61 Å². The Morgan fingerprint density at radius 1 is 1.03 bits per heavy atom. The minimum absolute atomic E-state index is 0.0810. The van der Waals surface area contributed by atoms with Gasteiger partial charge in [-0.15, -0.1) is 0 Å². The highest BCUT2D eigenvalue weighted by molar-refractivity contribution is 7.87. The molecule has 0 bridgehead atoms. The molecule has 0 aliphatic rings. The second-order valence-electron chi connectivity index (χ2n) is 6.13. The molecule has 0 aliphatic carbocycles. The number of rotatable bonds is 6. The second kappa shape index (κ2) is 8.89. The summed E-state index contributed by atoms with van der Waals surface area (Å²) in [5.74, 6) is -0.224. The van der Waals surface area contributed by atoms with E-state index in [9.17, 15) is 13.2 Å². The number of amides is 1. The Bertz CT molecular complexity index is 1140. The lowest BCUT2D eigenvalue weighted by atomic mass is 10.2. The van der Waals surface area contributed by atoms with E-state index in [0.717, 1.165) is 5.56 Å². The second-order valence-corrected chi connectivity index (χ2v) is 8.11. The first-order chi connectivity index (χ1) is 13.8. The molecule has 3 aromatic carbocycles. The van der Waals surface area contributed by atoms with Crippen LogP contribution in [0, 0.1) is 6.92 Å². The lowest BCUT2D eigenvalue weighted by Crippen LogP contribution is -2.17. The van der Waals surface area contributed by atoms with E-state index in [1.165, 1.54) is 36.5 Å². The highest BCUT2D eigenvalue weighted by Crippen LogP contribution is 2.19. The first kappa shape index (κ1) is 20.6. The number of carbonyl (C=O) groups is 1. The Kier molecular flexibility index (Phi) is 6.31. The van der Waals surface area contributed by atoms with Gasteiger partial charge in [0.15, 0.2) is 0 Å². The Morgan fingerprint density at radius 2 is 1.72 bits per heavy atom. The normalized spacial score (nSPS) is 11.4. The first-order valence-electron chi connectivity index (χ1n) is 8.54. The lowest BCUT2D eigenvalue weighted by Gasteiger charge is -2.07. The molecule has 29 heavy (non-hydrogen) atoms. The maximum atomic E-state index is 12.3. The smallest absolute Gasteiger partial charge is 0.339 e. The average molecular weight is 429 g/mol. The molecule has 0 aliphatic heterocycles. The highest BCUT2D eigenvalue weighted by atomic mass is 35.5. The molecule has 3 aromatic rings. The number of halogens is 1. The van der Waals surface area contributed by atoms with Crippen LogP contribution >= 0.6 is 11.6 Å². The summed E-state index contributed by atoms with van der Waals surface area (Å²) >= 11 is 5.85. The van der Waals surface area contributed by atoms with Crippen LogP contribution in [0.1, 0.15) is 21.5 Å². The van der Waals surface area contributed by atoms with Gasteiger partial charge in [-0.2, -0.15) is 13.5 Å². The van der Waals surface area contributed by atoms with E-state index in [1.807, 2.05) is 6.92 Å². The van der Waals surface area contributed by atoms with Crippen molar-refractivity contribution in [2.75, 3.05) is 0 Å². The minimum atomic E-state index is -3.91. The number of benzene rings is 3. The first-order valence-corrected chi connectivity index (χ1v) is 10.3. The Balaban J connectivity index is 1.62. The van der Waals surface area contributed by atoms with Crippen molar-refractivity contribution in [2.45, 2.75) is 11.8 Å². The molecular formula is C21H17ClN2O4S. The third-order valence-corrected chi connectivity index (χ3v) is 5.36. The zero-order valence-corrected chi connectivity index (χ0v) is 16.9. The van der Waals surface area contributed by atoms with Crippen LogP contribution in [0.2, 0.25) is 5.02 Å². The van der Waals surface area contributed by atoms with Crippen LogP contribution in [0.3, 0.4) is 0 Å². The minimum Gasteiger partial charge on any atom is -0.379 e. The predicted octanol–water partition coefficient (Wildman–Crippen LogP) is 4.18. The molecule has 1 amide bonds. The van der Waals surface area contributed by atoms with Gasteiger partial charge in [0, 0.05) is 10.6 Å². The lowest BCUT2D eigenvalue weighted by molar-refractivity contribution is 0.0955. The third-order valence-electron chi connectivity index (χ3n) is 3.86. The van der Waals surface area contributed by atoms with Crippen molar-refractivity contribution in [3.8, 4) is 5.75 Å². The molecule has 1 N–H and O–H groups in total. The predicted molar refractivity (Wildman–Crippen MR) is 112 cm³/mol. The molecule has 3 rings (SSSR count). The van der Waals surface area contributed by atoms with Crippen molar-refractivity contribution < 1.29 is 17.4 Å². The van der Waals surface area contributed by atoms with E-state index in [-0.39, 0.29) is 10.6 Å². The summed E-state index contributed by atoms with van der Waals surface area (Å²) in [5.41, 5.74) is 4.39. The zero-order chi connectivity index (χ0) is 20.9. The molecule has 0 saturated heterocycles. The molecule has 0 fully saturated rings. The van der Waals surface area contributed by atoms with Crippen LogP contribution in [-0.2, 0) is 10.1 Å². The van der Waals surface area contributed by atoms with Crippen LogP contribution in [0.25, 0.3) is 0 Å². The molecule has 0 atom stereocenters. The topological polar surface area (TPSA) is 84.8 Å². The Hall–Kier alpha value is -3.16. The SMILES string of the molecule is Cc1ccc(S(=O)(=O)Oc2ccc(/C=N\NC(=O)c3cccc(Cl)c3)cc2)cc1. The van der Waals surface area contributed by atoms with E-state index in [0.29, 0.717) is 16.1 Å². The number of hydrogen-bond acceptors (Lipinski definition) is 5. The van der Waals surface area contributed by atoms with Gasteiger partial charge < -0.3 is 4.18 Å². The standard InChI is InChI=1S/C21H17ClN2O4S/c1-15-5-11-20(12-6-15)29(26,27)28-19-9-7-16(8-10-19)14-23-24-21(25)17-3-2-4-18(22)13-17/h2-14H,1H3,(H,24,25)/b23-14-. The summed E-state index contributed by atoms with van der Waals surface area (Å²) in [7, 11) is -3.91. The quantitative estimate of drug-likeness (QED) is 0.362. The molecule has 6 nitrogen and oxygen atoms in total. The summed E-state index contributed by atoms with van der Waals surface area (Å²) in [5, 5.41) is 4.34. The van der Waals surface area contributed by atoms with Gasteiger partial charge in [-0.3, -0.25) is 4.79 Å². The molecule has 0 saturated carbocycles. The number of nitrogens with zero attached hydrogens (tertiary/aromatic N) is 1. The fourth-order valence-corrected chi connectivity index (χ4v) is 3.47. The number of hydrogen-bond donors (Lipinski definition) is 1. The zero-order valence-electron chi connectivity index (χ0n) is 15.4. The van der Waals surface area contributed by atoms with Crippen LogP contribution in [0.5, 0.6) is 5.75 Å². The van der Waals surface area contributed by atoms with Gasteiger partial charge in [0.2, 0.25) is 0 Å². The van der Waals surface area contributed by atoms with Gasteiger partial charge in [0.05, 0.1) is 6.21 Å². The molecule has 0 heterocycles. The van der Waals surface area contributed by atoms with Gasteiger partial charge in [-0.25, -0.2) is 5.43 Å². The summed E-state index contributed by atoms with van der Waals surface area (Å²) in [6, 6.07) is 19.1. The van der Waals surface area contributed by atoms with Crippen molar-refractivity contribution >= 4 is 33.8 Å². The maximum absolute atomic E-state index is 12.3. The van der Waals surface area contributed by atoms with Gasteiger partial charge in [-0.1, -0.05) is 35.4 Å². The van der Waals surface area contributed by atoms with Crippen molar-refractivity contribution in [2.24, 2.45) is 5.10 Å². The van der Waals surface area contributed by atoms with Crippen LogP contribution in [-0.4, -0.2) is 20.5 Å². The monoisotopic (exact) mass is 428 g/mol. The van der Waals surface area contributed by atoms with Gasteiger partial charge in [-0.05, 0) is 67.1 Å². The molecule has 0 unspecified atom stereocenters. The molecule has 0 radical (unpaired) electrons. The van der Waals surface area contributed by atoms with Crippen molar-refractivity contribution in [3.63, 3.8) is 0 Å². The van der Waals surface area contributed by atoms with Crippen molar-refractivity contribution in [3.05, 3.63) is 94.5 Å². The van der Waals surface area contributed by atoms with E-state index in [4.69, 9.17) is 15.8 Å². The number of hydrazone groups is 1. The highest BCUT2D eigenvalue weighted by Gasteiger charge is 2.16. The summed E-state index contributed by atoms with van der Waals surface area (Å²) in [6.07, 6.45) is 1.43. The number of aryl methyl sites for hydroxylation is 1. The van der Waals surface area contributed by atoms with Gasteiger partial charge >= 0.3 is 10.1 Å². The third kappa shape index (κ3) is 5.66. The van der Waals surface area contributed by atoms with Crippen molar-refractivity contribution in [1.82, 2.24) is 5.43 Å². The summed E-state index contributed by atoms with van der Waals surface area (Å²) in [4.78, 5) is 12.1. The maximum Gasteiger partial charge on any atom is 0.339 e. The van der Waals surface area contributed by atoms with E-state index < -0.39 is 16.0 Å². The molecule has 0 spiro atoms. The van der Waals surface area contributed by atoms with Gasteiger partial charge in [0.25, 0.3) is 5.91 Å². The fraction of sp³-hybridized carbons (Fsp3) is 0.0476. The Labute approximate surface area is 173 Å². The molecule has 8 heteroatoms. The molecule has 0 aromatic heterocycles. The number of nitrogens with one attached hydrogen (secondary N) is 1. The molecular weight excluding hydrogens is 412 g/mol. The Morgan fingerprint density at radius 3 is 2.38 bits per heavy atom. The molecule has 148 valence electrons. The van der Waals surface area contributed by atoms with Crippen LogP contribution in [0.4, 0.5) is 0 Å². The van der Waals surface area contributed by atoms with Crippen LogP contribution in [0.15, 0.2) is 82.8 Å². The average Bonchev–Trinajstić information content (AvgIpc) is 2.69. The van der Waals surface area contributed by atoms with E-state index in [1.54, 1.807) is 42.5 Å². The summed E-state index contributed by atoms with van der Waals surface area (Å²) < 4.78 is 29.7. The van der Waals surface area contributed by atoms with Crippen molar-refractivity contribution in [1.29, 1.82) is 0 Å². The summed E-state index contributed by atoms with van der Waals surface area (Å²) in [6.45, 7) is 1.87. The van der Waals surface area contributed by atoms with E-state index >= 15 is 0 Å². The fourth-order valence-electron chi connectivity index (χ4n) is 2.35.